The second-order valence-electron chi connectivity index (χ2n) is 6.98. The van der Waals surface area contributed by atoms with Crippen molar-refractivity contribution < 1.29 is 14.0 Å². The first kappa shape index (κ1) is 18.4. The number of halogens is 1. The molecular formula is C20H21ClN2O3S. The van der Waals surface area contributed by atoms with Gasteiger partial charge in [-0.3, -0.25) is 9.59 Å². The van der Waals surface area contributed by atoms with E-state index in [-0.39, 0.29) is 23.8 Å². The first-order valence-electron chi connectivity index (χ1n) is 9.16. The molecular weight excluding hydrogens is 384 g/mol. The Bertz CT molecular complexity index is 840. The van der Waals surface area contributed by atoms with E-state index in [1.54, 1.807) is 22.7 Å². The van der Waals surface area contributed by atoms with E-state index in [0.717, 1.165) is 30.6 Å². The normalized spacial score (nSPS) is 22.2. The molecule has 1 fully saturated rings. The van der Waals surface area contributed by atoms with Crippen LogP contribution in [-0.4, -0.2) is 35.6 Å². The summed E-state index contributed by atoms with van der Waals surface area (Å²) in [6, 6.07) is 7.49. The number of likely N-dealkylation sites (tertiary alicyclic amines) is 1. The first-order valence-corrected chi connectivity index (χ1v) is 10.5. The summed E-state index contributed by atoms with van der Waals surface area (Å²) in [5, 5.41) is 3.88. The van der Waals surface area contributed by atoms with Gasteiger partial charge in [-0.15, -0.1) is 11.8 Å². The molecule has 2 atom stereocenters. The molecule has 0 spiro atoms. The zero-order valence-corrected chi connectivity index (χ0v) is 16.4. The molecule has 2 unspecified atom stereocenters. The number of nitrogens with one attached hydrogen (secondary N) is 1. The topological polar surface area (TPSA) is 62.6 Å². The number of carbonyl (C=O) groups is 2. The second kappa shape index (κ2) is 7.98. The van der Waals surface area contributed by atoms with Crippen molar-refractivity contribution in [1.29, 1.82) is 0 Å². The van der Waals surface area contributed by atoms with Crippen molar-refractivity contribution in [3.05, 3.63) is 52.9 Å². The van der Waals surface area contributed by atoms with Crippen molar-refractivity contribution >= 4 is 35.2 Å². The van der Waals surface area contributed by atoms with Gasteiger partial charge in [-0.25, -0.2) is 0 Å². The molecule has 1 aromatic heterocycles. The molecule has 2 aliphatic heterocycles. The maximum Gasteiger partial charge on any atom is 0.257 e. The van der Waals surface area contributed by atoms with E-state index in [1.165, 1.54) is 17.4 Å². The van der Waals surface area contributed by atoms with Crippen LogP contribution in [0.3, 0.4) is 0 Å². The highest BCUT2D eigenvalue weighted by Gasteiger charge is 2.31. The predicted octanol–water partition coefficient (Wildman–Crippen LogP) is 4.14. The molecule has 2 amide bonds. The zero-order chi connectivity index (χ0) is 18.8. The minimum Gasteiger partial charge on any atom is -0.472 e. The maximum absolute atomic E-state index is 12.9. The van der Waals surface area contributed by atoms with E-state index in [0.29, 0.717) is 23.7 Å². The number of furan rings is 1. The molecule has 5 nitrogen and oxygen atoms in total. The highest BCUT2D eigenvalue weighted by Crippen LogP contribution is 2.37. The summed E-state index contributed by atoms with van der Waals surface area (Å²) in [5.41, 5.74) is 1.62. The number of piperidine rings is 1. The number of thioether (sulfide) groups is 1. The Balaban J connectivity index is 1.43. The molecule has 2 aliphatic rings. The summed E-state index contributed by atoms with van der Waals surface area (Å²) < 4.78 is 5.00. The summed E-state index contributed by atoms with van der Waals surface area (Å²) in [6.07, 6.45) is 5.45. The Hall–Kier alpha value is -1.92. The average molecular weight is 405 g/mol. The van der Waals surface area contributed by atoms with Gasteiger partial charge < -0.3 is 14.6 Å². The lowest BCUT2D eigenvalue weighted by atomic mass is 9.95. The minimum atomic E-state index is -0.188. The third kappa shape index (κ3) is 4.01. The van der Waals surface area contributed by atoms with Crippen molar-refractivity contribution in [2.45, 2.75) is 30.2 Å². The largest absolute Gasteiger partial charge is 0.472 e. The van der Waals surface area contributed by atoms with Crippen molar-refractivity contribution in [1.82, 2.24) is 10.2 Å². The predicted molar refractivity (Wildman–Crippen MR) is 105 cm³/mol. The quantitative estimate of drug-likeness (QED) is 0.835. The van der Waals surface area contributed by atoms with Crippen LogP contribution in [0.5, 0.6) is 0 Å². The van der Waals surface area contributed by atoms with Gasteiger partial charge in [0, 0.05) is 28.8 Å². The highest BCUT2D eigenvalue weighted by atomic mass is 35.5. The molecule has 142 valence electrons. The van der Waals surface area contributed by atoms with Crippen LogP contribution in [0.25, 0.3) is 0 Å². The number of amides is 2. The molecule has 2 aromatic rings. The van der Waals surface area contributed by atoms with Crippen LogP contribution in [-0.2, 0) is 4.79 Å². The van der Waals surface area contributed by atoms with E-state index in [2.05, 4.69) is 5.32 Å². The van der Waals surface area contributed by atoms with Crippen molar-refractivity contribution in [2.75, 3.05) is 18.8 Å². The molecule has 4 rings (SSSR count). The third-order valence-corrected chi connectivity index (χ3v) is 6.53. The molecule has 27 heavy (non-hydrogen) atoms. The van der Waals surface area contributed by atoms with Crippen LogP contribution in [0.15, 0.2) is 46.1 Å². The molecule has 0 bridgehead atoms. The fraction of sp³-hybridized carbons (Fsp3) is 0.400. The smallest absolute Gasteiger partial charge is 0.257 e. The standard InChI is InChI=1S/C20H21ClN2O3S/c21-15-3-4-18-16(10-15)17(6-9-27-18)22-19(24)13-2-1-7-23(11-13)20(25)14-5-8-26-12-14/h3-5,8,10,12-13,17H,1-2,6-7,9,11H2,(H,22,24). The van der Waals surface area contributed by atoms with Crippen LogP contribution in [0.2, 0.25) is 5.02 Å². The molecule has 0 saturated carbocycles. The molecule has 0 aliphatic carbocycles. The van der Waals surface area contributed by atoms with Gasteiger partial charge >= 0.3 is 0 Å². The fourth-order valence-corrected chi connectivity index (χ4v) is 5.04. The lowest BCUT2D eigenvalue weighted by Gasteiger charge is -2.33. The van der Waals surface area contributed by atoms with E-state index in [1.807, 2.05) is 18.2 Å². The van der Waals surface area contributed by atoms with Crippen molar-refractivity contribution in [3.8, 4) is 0 Å². The van der Waals surface area contributed by atoms with Gasteiger partial charge in [-0.1, -0.05) is 11.6 Å². The lowest BCUT2D eigenvalue weighted by molar-refractivity contribution is -0.127. The number of fused-ring (bicyclic) bond motifs is 1. The van der Waals surface area contributed by atoms with E-state index >= 15 is 0 Å². The number of hydrogen-bond donors (Lipinski definition) is 1. The van der Waals surface area contributed by atoms with Crippen LogP contribution in [0.4, 0.5) is 0 Å². The summed E-state index contributed by atoms with van der Waals surface area (Å²) in [6.45, 7) is 1.12. The number of rotatable bonds is 3. The first-order chi connectivity index (χ1) is 13.1. The fourth-order valence-electron chi connectivity index (χ4n) is 3.75. The van der Waals surface area contributed by atoms with Crippen molar-refractivity contribution in [3.63, 3.8) is 0 Å². The van der Waals surface area contributed by atoms with Gasteiger partial charge in [0.05, 0.1) is 23.8 Å². The van der Waals surface area contributed by atoms with Crippen LogP contribution >= 0.6 is 23.4 Å². The highest BCUT2D eigenvalue weighted by molar-refractivity contribution is 7.99. The van der Waals surface area contributed by atoms with Gasteiger partial charge in [0.1, 0.15) is 6.26 Å². The Morgan fingerprint density at radius 3 is 2.96 bits per heavy atom. The summed E-state index contributed by atoms with van der Waals surface area (Å²) in [4.78, 5) is 28.4. The summed E-state index contributed by atoms with van der Waals surface area (Å²) in [5.74, 6) is 0.719. The van der Waals surface area contributed by atoms with Crippen LogP contribution in [0, 0.1) is 5.92 Å². The van der Waals surface area contributed by atoms with Gasteiger partial charge in [-0.05, 0) is 49.1 Å². The Morgan fingerprint density at radius 1 is 1.26 bits per heavy atom. The van der Waals surface area contributed by atoms with Gasteiger partial charge in [0.2, 0.25) is 5.91 Å². The maximum atomic E-state index is 12.9. The Kier molecular flexibility index (Phi) is 5.45. The monoisotopic (exact) mass is 404 g/mol. The van der Waals surface area contributed by atoms with Gasteiger partial charge in [0.25, 0.3) is 5.91 Å². The molecule has 1 N–H and O–H groups in total. The summed E-state index contributed by atoms with van der Waals surface area (Å²) >= 11 is 7.95. The van der Waals surface area contributed by atoms with Gasteiger partial charge in [0.15, 0.2) is 0 Å². The minimum absolute atomic E-state index is 0.0162. The Labute approximate surface area is 167 Å². The second-order valence-corrected chi connectivity index (χ2v) is 8.56. The lowest BCUT2D eigenvalue weighted by Crippen LogP contribution is -2.46. The molecule has 0 radical (unpaired) electrons. The van der Waals surface area contributed by atoms with E-state index in [4.69, 9.17) is 16.0 Å². The van der Waals surface area contributed by atoms with E-state index in [9.17, 15) is 9.59 Å². The van der Waals surface area contributed by atoms with Gasteiger partial charge in [-0.2, -0.15) is 0 Å². The number of hydrogen-bond acceptors (Lipinski definition) is 4. The molecule has 3 heterocycles. The van der Waals surface area contributed by atoms with Crippen LogP contribution in [0.1, 0.15) is 41.2 Å². The van der Waals surface area contributed by atoms with Crippen molar-refractivity contribution in [2.24, 2.45) is 5.92 Å². The average Bonchev–Trinajstić information content (AvgIpc) is 3.23. The summed E-state index contributed by atoms with van der Waals surface area (Å²) in [7, 11) is 0. The zero-order valence-electron chi connectivity index (χ0n) is 14.8. The van der Waals surface area contributed by atoms with Crippen LogP contribution < -0.4 is 5.32 Å². The molecule has 1 aromatic carbocycles. The molecule has 7 heteroatoms. The molecule has 1 saturated heterocycles. The number of nitrogens with zero attached hydrogens (tertiary/aromatic N) is 1. The SMILES string of the molecule is O=C(NC1CCSc2ccc(Cl)cc21)C1CCCN(C(=O)c2ccoc2)C1. The third-order valence-electron chi connectivity index (χ3n) is 5.18. The van der Waals surface area contributed by atoms with E-state index < -0.39 is 0 Å². The Morgan fingerprint density at radius 2 is 2.15 bits per heavy atom. The number of benzene rings is 1. The number of carbonyl (C=O) groups excluding carboxylic acids is 2.